The van der Waals surface area contributed by atoms with E-state index >= 15 is 0 Å². The van der Waals surface area contributed by atoms with Crippen molar-refractivity contribution in [2.45, 2.75) is 65.0 Å². The molecule has 0 radical (unpaired) electrons. The van der Waals surface area contributed by atoms with Crippen molar-refractivity contribution < 1.29 is 4.79 Å². The standard InChI is InChI=1S/C13H26N2O/c1-4-12-8-6-5-7-9-15(12)13(16)10(2)11(3)14/h10-12H,4-9,14H2,1-3H3. The number of carbonyl (C=O) groups is 1. The van der Waals surface area contributed by atoms with Crippen molar-refractivity contribution in [2.75, 3.05) is 6.54 Å². The number of hydrogen-bond acceptors (Lipinski definition) is 2. The molecule has 1 heterocycles. The van der Waals surface area contributed by atoms with Crippen LogP contribution in [0.2, 0.25) is 0 Å². The van der Waals surface area contributed by atoms with E-state index in [0.717, 1.165) is 25.8 Å². The highest BCUT2D eigenvalue weighted by Crippen LogP contribution is 2.21. The van der Waals surface area contributed by atoms with Crippen LogP contribution in [0.4, 0.5) is 0 Å². The second-order valence-electron chi connectivity index (χ2n) is 5.09. The second-order valence-corrected chi connectivity index (χ2v) is 5.09. The monoisotopic (exact) mass is 226 g/mol. The van der Waals surface area contributed by atoms with Gasteiger partial charge in [-0.2, -0.15) is 0 Å². The molecule has 2 N–H and O–H groups in total. The van der Waals surface area contributed by atoms with Gasteiger partial charge in [0.15, 0.2) is 0 Å². The molecule has 3 nitrogen and oxygen atoms in total. The molecule has 0 aromatic rings. The maximum atomic E-state index is 12.3. The summed E-state index contributed by atoms with van der Waals surface area (Å²) in [6, 6.07) is 0.393. The van der Waals surface area contributed by atoms with E-state index in [4.69, 9.17) is 5.73 Å². The maximum absolute atomic E-state index is 12.3. The molecule has 1 rings (SSSR count). The maximum Gasteiger partial charge on any atom is 0.227 e. The van der Waals surface area contributed by atoms with Crippen LogP contribution in [0.3, 0.4) is 0 Å². The highest BCUT2D eigenvalue weighted by molar-refractivity contribution is 5.79. The van der Waals surface area contributed by atoms with Gasteiger partial charge in [-0.05, 0) is 26.2 Å². The summed E-state index contributed by atoms with van der Waals surface area (Å²) in [6.07, 6.45) is 5.89. The van der Waals surface area contributed by atoms with Crippen molar-refractivity contribution in [3.8, 4) is 0 Å². The minimum absolute atomic E-state index is 0.0479. The number of hydrogen-bond donors (Lipinski definition) is 1. The van der Waals surface area contributed by atoms with Gasteiger partial charge >= 0.3 is 0 Å². The Kier molecular flexibility index (Phi) is 5.26. The molecule has 3 heteroatoms. The van der Waals surface area contributed by atoms with Gasteiger partial charge in [0.25, 0.3) is 0 Å². The van der Waals surface area contributed by atoms with E-state index in [0.29, 0.717) is 6.04 Å². The molecule has 0 saturated carbocycles. The Morgan fingerprint density at radius 2 is 2.06 bits per heavy atom. The minimum Gasteiger partial charge on any atom is -0.339 e. The molecule has 0 spiro atoms. The van der Waals surface area contributed by atoms with Crippen LogP contribution in [0.15, 0.2) is 0 Å². The Labute approximate surface area is 99.4 Å². The van der Waals surface area contributed by atoms with Crippen molar-refractivity contribution in [1.82, 2.24) is 4.90 Å². The fourth-order valence-electron chi connectivity index (χ4n) is 2.38. The van der Waals surface area contributed by atoms with E-state index in [1.807, 2.05) is 13.8 Å². The van der Waals surface area contributed by atoms with Crippen LogP contribution >= 0.6 is 0 Å². The van der Waals surface area contributed by atoms with E-state index < -0.39 is 0 Å². The average molecular weight is 226 g/mol. The number of rotatable bonds is 3. The van der Waals surface area contributed by atoms with Gasteiger partial charge in [-0.25, -0.2) is 0 Å². The zero-order chi connectivity index (χ0) is 12.1. The van der Waals surface area contributed by atoms with Crippen LogP contribution in [-0.2, 0) is 4.79 Å². The topological polar surface area (TPSA) is 46.3 Å². The Bertz CT molecular complexity index is 228. The molecule has 16 heavy (non-hydrogen) atoms. The van der Waals surface area contributed by atoms with Crippen LogP contribution in [0, 0.1) is 5.92 Å². The predicted molar refractivity (Wildman–Crippen MR) is 67.1 cm³/mol. The Morgan fingerprint density at radius 1 is 1.38 bits per heavy atom. The lowest BCUT2D eigenvalue weighted by Gasteiger charge is -2.32. The zero-order valence-electron chi connectivity index (χ0n) is 10.9. The van der Waals surface area contributed by atoms with Crippen LogP contribution in [0.5, 0.6) is 0 Å². The lowest BCUT2D eigenvalue weighted by molar-refractivity contribution is -0.137. The van der Waals surface area contributed by atoms with Gasteiger partial charge in [-0.1, -0.05) is 26.7 Å². The summed E-state index contributed by atoms with van der Waals surface area (Å²) >= 11 is 0. The first-order valence-corrected chi connectivity index (χ1v) is 6.64. The van der Waals surface area contributed by atoms with E-state index in [1.165, 1.54) is 12.8 Å². The lowest BCUT2D eigenvalue weighted by atomic mass is 10.0. The SMILES string of the molecule is CCC1CCCCCN1C(=O)C(C)C(C)N. The molecule has 1 aliphatic heterocycles. The van der Waals surface area contributed by atoms with Crippen molar-refractivity contribution in [3.63, 3.8) is 0 Å². The molecule has 94 valence electrons. The number of carbonyl (C=O) groups excluding carboxylic acids is 1. The summed E-state index contributed by atoms with van der Waals surface area (Å²) in [4.78, 5) is 14.4. The van der Waals surface area contributed by atoms with Gasteiger partial charge in [-0.3, -0.25) is 4.79 Å². The largest absolute Gasteiger partial charge is 0.339 e. The smallest absolute Gasteiger partial charge is 0.227 e. The van der Waals surface area contributed by atoms with Gasteiger partial charge in [-0.15, -0.1) is 0 Å². The van der Waals surface area contributed by atoms with Gasteiger partial charge in [0.2, 0.25) is 5.91 Å². The third-order valence-corrected chi connectivity index (χ3v) is 3.81. The molecule has 1 aliphatic rings. The summed E-state index contributed by atoms with van der Waals surface area (Å²) in [5.41, 5.74) is 5.82. The summed E-state index contributed by atoms with van der Waals surface area (Å²) in [7, 11) is 0. The summed E-state index contributed by atoms with van der Waals surface area (Å²) in [5.74, 6) is 0.205. The van der Waals surface area contributed by atoms with Crippen LogP contribution in [0.25, 0.3) is 0 Å². The van der Waals surface area contributed by atoms with Crippen LogP contribution in [-0.4, -0.2) is 29.4 Å². The fourth-order valence-corrected chi connectivity index (χ4v) is 2.38. The molecule has 3 atom stereocenters. The Balaban J connectivity index is 2.69. The van der Waals surface area contributed by atoms with Crippen molar-refractivity contribution in [3.05, 3.63) is 0 Å². The first kappa shape index (κ1) is 13.5. The molecule has 0 bridgehead atoms. The first-order chi connectivity index (χ1) is 7.57. The Morgan fingerprint density at radius 3 is 2.62 bits per heavy atom. The van der Waals surface area contributed by atoms with Crippen molar-refractivity contribution in [1.29, 1.82) is 0 Å². The molecule has 0 aromatic carbocycles. The van der Waals surface area contributed by atoms with E-state index in [1.54, 1.807) is 0 Å². The fraction of sp³-hybridized carbons (Fsp3) is 0.923. The molecular formula is C13H26N2O. The molecular weight excluding hydrogens is 200 g/mol. The molecule has 1 amide bonds. The molecule has 0 aliphatic carbocycles. The van der Waals surface area contributed by atoms with E-state index in [-0.39, 0.29) is 17.9 Å². The molecule has 3 unspecified atom stereocenters. The van der Waals surface area contributed by atoms with E-state index in [2.05, 4.69) is 11.8 Å². The predicted octanol–water partition coefficient (Wildman–Crippen LogP) is 2.15. The van der Waals surface area contributed by atoms with Gasteiger partial charge in [0, 0.05) is 18.6 Å². The first-order valence-electron chi connectivity index (χ1n) is 6.64. The second kappa shape index (κ2) is 6.24. The molecule has 0 aromatic heterocycles. The number of nitrogens with zero attached hydrogens (tertiary/aromatic N) is 1. The third kappa shape index (κ3) is 3.21. The Hall–Kier alpha value is -0.570. The molecule has 1 fully saturated rings. The van der Waals surface area contributed by atoms with Gasteiger partial charge in [0.05, 0.1) is 5.92 Å². The summed E-state index contributed by atoms with van der Waals surface area (Å²) in [6.45, 7) is 6.97. The van der Waals surface area contributed by atoms with Crippen molar-refractivity contribution >= 4 is 5.91 Å². The lowest BCUT2D eigenvalue weighted by Crippen LogP contribution is -2.46. The number of likely N-dealkylation sites (tertiary alicyclic amines) is 1. The van der Waals surface area contributed by atoms with Gasteiger partial charge < -0.3 is 10.6 Å². The van der Waals surface area contributed by atoms with E-state index in [9.17, 15) is 4.79 Å². The quantitative estimate of drug-likeness (QED) is 0.801. The minimum atomic E-state index is -0.0489. The van der Waals surface area contributed by atoms with Crippen molar-refractivity contribution in [2.24, 2.45) is 11.7 Å². The zero-order valence-corrected chi connectivity index (χ0v) is 10.9. The number of nitrogens with two attached hydrogens (primary N) is 1. The van der Waals surface area contributed by atoms with Crippen LogP contribution < -0.4 is 5.73 Å². The summed E-state index contributed by atoms with van der Waals surface area (Å²) in [5, 5.41) is 0. The summed E-state index contributed by atoms with van der Waals surface area (Å²) < 4.78 is 0. The number of amides is 1. The molecule has 1 saturated heterocycles. The van der Waals surface area contributed by atoms with Crippen LogP contribution in [0.1, 0.15) is 52.9 Å². The third-order valence-electron chi connectivity index (χ3n) is 3.81. The average Bonchev–Trinajstić information content (AvgIpc) is 2.51. The van der Waals surface area contributed by atoms with Gasteiger partial charge in [0.1, 0.15) is 0 Å². The highest BCUT2D eigenvalue weighted by atomic mass is 16.2. The highest BCUT2D eigenvalue weighted by Gasteiger charge is 2.28. The normalized spacial score (nSPS) is 26.0.